The lowest BCUT2D eigenvalue weighted by molar-refractivity contribution is -0.137. The third-order valence-electron chi connectivity index (χ3n) is 12.4. The summed E-state index contributed by atoms with van der Waals surface area (Å²) in [6, 6.07) is 11.7. The number of amides is 1. The van der Waals surface area contributed by atoms with Crippen LogP contribution in [0.25, 0.3) is 44.2 Å². The molecule has 5 atom stereocenters. The molecule has 60 heavy (non-hydrogen) atoms. The van der Waals surface area contributed by atoms with E-state index in [2.05, 4.69) is 37.6 Å². The van der Waals surface area contributed by atoms with Crippen LogP contribution in [0.5, 0.6) is 11.8 Å². The zero-order valence-corrected chi connectivity index (χ0v) is 35.5. The Morgan fingerprint density at radius 3 is 2.60 bits per heavy atom. The molecule has 14 nitrogen and oxygen atoms in total. The number of fused-ring (bicyclic) bond motifs is 4. The summed E-state index contributed by atoms with van der Waals surface area (Å²) in [5.74, 6) is 0.776. The Balaban J connectivity index is 1.10. The molecule has 9 rings (SSSR count). The summed E-state index contributed by atoms with van der Waals surface area (Å²) in [7, 11) is 1.63. The molecule has 16 heteroatoms. The van der Waals surface area contributed by atoms with Crippen molar-refractivity contribution in [1.29, 1.82) is 0 Å². The number of likely N-dealkylation sites (tertiary alicyclic amines) is 1. The van der Waals surface area contributed by atoms with Crippen LogP contribution in [-0.2, 0) is 16.1 Å². The number of nitrogens with zero attached hydrogens (tertiary/aromatic N) is 8. The van der Waals surface area contributed by atoms with E-state index in [0.29, 0.717) is 66.8 Å². The minimum atomic E-state index is -0.442. The fraction of sp³-hybridized carbons (Fsp3) is 0.455. The highest BCUT2D eigenvalue weighted by atomic mass is 35.5. The predicted octanol–water partition coefficient (Wildman–Crippen LogP) is 7.28. The van der Waals surface area contributed by atoms with Gasteiger partial charge < -0.3 is 29.3 Å². The predicted molar refractivity (Wildman–Crippen MR) is 228 cm³/mol. The number of carbonyl (C=O) groups is 1. The Morgan fingerprint density at radius 1 is 1.08 bits per heavy atom. The van der Waals surface area contributed by atoms with Crippen molar-refractivity contribution in [1.82, 2.24) is 45.4 Å². The number of benzene rings is 3. The number of anilines is 1. The van der Waals surface area contributed by atoms with E-state index in [0.717, 1.165) is 50.0 Å². The molecule has 0 spiro atoms. The first-order valence-corrected chi connectivity index (χ1v) is 21.1. The molecule has 0 saturated carbocycles. The van der Waals surface area contributed by atoms with Crippen LogP contribution in [0.1, 0.15) is 64.1 Å². The zero-order valence-electron chi connectivity index (χ0n) is 34.7. The monoisotopic (exact) mass is 836 g/mol. The van der Waals surface area contributed by atoms with E-state index in [9.17, 15) is 4.79 Å². The molecule has 6 heterocycles. The van der Waals surface area contributed by atoms with Crippen LogP contribution >= 0.6 is 11.6 Å². The van der Waals surface area contributed by atoms with Crippen LogP contribution in [-0.4, -0.2) is 104 Å². The van der Waals surface area contributed by atoms with Gasteiger partial charge in [-0.15, -0.1) is 5.10 Å². The maximum Gasteiger partial charge on any atom is 0.319 e. The SMILES string of the molecule is CO[C@@H](C)COc1nc(N2CC3CC2CN3)c2cc(Cl)c(-c3c(C)c(F)cc4[nH]ncc34)c(OCc3ccc(-c4cn(C(C(=O)N5CCCC5C)C(C)C)nn4)cc3)c2n1. The van der Waals surface area contributed by atoms with Crippen LogP contribution in [0.15, 0.2) is 48.8 Å². The summed E-state index contributed by atoms with van der Waals surface area (Å²) in [6.07, 6.45) is 6.34. The number of aromatic amines is 1. The Labute approximate surface area is 352 Å². The second-order valence-electron chi connectivity index (χ2n) is 16.8. The van der Waals surface area contributed by atoms with Crippen LogP contribution < -0.4 is 19.7 Å². The highest BCUT2D eigenvalue weighted by molar-refractivity contribution is 6.35. The van der Waals surface area contributed by atoms with E-state index in [4.69, 9.17) is 35.8 Å². The number of halogens is 2. The number of nitrogens with one attached hydrogen (secondary N) is 2. The van der Waals surface area contributed by atoms with Crippen LogP contribution in [0.2, 0.25) is 5.02 Å². The van der Waals surface area contributed by atoms with Gasteiger partial charge in [0.25, 0.3) is 0 Å². The van der Waals surface area contributed by atoms with Gasteiger partial charge in [-0.3, -0.25) is 9.89 Å². The van der Waals surface area contributed by atoms with Crippen molar-refractivity contribution in [3.63, 3.8) is 0 Å². The Hall–Kier alpha value is -5.38. The second-order valence-corrected chi connectivity index (χ2v) is 17.2. The average Bonchev–Trinajstić information content (AvgIpc) is 4.11. The quantitative estimate of drug-likeness (QED) is 0.121. The zero-order chi connectivity index (χ0) is 41.8. The van der Waals surface area contributed by atoms with Gasteiger partial charge in [-0.1, -0.05) is 54.9 Å². The Bertz CT molecular complexity index is 2560. The van der Waals surface area contributed by atoms with Gasteiger partial charge in [-0.2, -0.15) is 15.1 Å². The summed E-state index contributed by atoms with van der Waals surface area (Å²) in [5, 5.41) is 21.4. The molecule has 1 amide bonds. The summed E-state index contributed by atoms with van der Waals surface area (Å²) < 4.78 is 35.9. The standard InChI is InChI=1S/C44H50ClFN10O4/c1-23(2)40(43(57)54-13-7-8-24(54)3)56-20-36(52-53-56)28-11-9-27(10-12-28)22-59-41-38(37-26(5)34(46)16-35-32(37)18-48-51-35)33(45)15-31-39(41)49-44(60-21-25(4)58-6)50-42(31)55-19-29-14-30(55)17-47-29/h9-12,15-16,18,20,23-25,29-30,40,47H,7-8,13-14,17,19,21-22H2,1-6H3,(H,48,51)/t24?,25-,29?,30?,40?/m0/s1. The smallest absolute Gasteiger partial charge is 0.319 e. The van der Waals surface area contributed by atoms with E-state index in [1.165, 1.54) is 6.07 Å². The van der Waals surface area contributed by atoms with Crippen molar-refractivity contribution in [2.45, 2.75) is 90.8 Å². The molecular formula is C44H50ClFN10O4. The van der Waals surface area contributed by atoms with E-state index < -0.39 is 11.9 Å². The van der Waals surface area contributed by atoms with Crippen molar-refractivity contribution in [2.75, 3.05) is 38.3 Å². The maximum atomic E-state index is 15.7. The molecule has 3 saturated heterocycles. The number of ether oxygens (including phenoxy) is 3. The first kappa shape index (κ1) is 40.0. The van der Waals surface area contributed by atoms with E-state index >= 15 is 4.39 Å². The van der Waals surface area contributed by atoms with Crippen molar-refractivity contribution < 1.29 is 23.4 Å². The van der Waals surface area contributed by atoms with Crippen molar-refractivity contribution in [3.05, 3.63) is 70.8 Å². The molecule has 0 aliphatic carbocycles. The van der Waals surface area contributed by atoms with Gasteiger partial charge in [0.15, 0.2) is 5.75 Å². The fourth-order valence-electron chi connectivity index (χ4n) is 9.00. The largest absolute Gasteiger partial charge is 0.486 e. The molecule has 2 N–H and O–H groups in total. The molecule has 4 unspecified atom stereocenters. The number of aromatic nitrogens is 7. The Morgan fingerprint density at radius 2 is 1.90 bits per heavy atom. The normalized spacial score (nSPS) is 19.9. The summed E-state index contributed by atoms with van der Waals surface area (Å²) in [4.78, 5) is 27.9. The summed E-state index contributed by atoms with van der Waals surface area (Å²) in [5.41, 5.74) is 4.82. The number of hydrogen-bond donors (Lipinski definition) is 2. The third-order valence-corrected chi connectivity index (χ3v) is 12.7. The average molecular weight is 837 g/mol. The highest BCUT2D eigenvalue weighted by Crippen LogP contribution is 2.48. The summed E-state index contributed by atoms with van der Waals surface area (Å²) >= 11 is 7.33. The van der Waals surface area contributed by atoms with Crippen LogP contribution in [0.3, 0.4) is 0 Å². The second kappa shape index (κ2) is 16.2. The van der Waals surface area contributed by atoms with E-state index in [-0.39, 0.29) is 49.2 Å². The van der Waals surface area contributed by atoms with Gasteiger partial charge >= 0.3 is 6.01 Å². The first-order valence-electron chi connectivity index (χ1n) is 20.8. The first-order chi connectivity index (χ1) is 29.0. The van der Waals surface area contributed by atoms with E-state index in [1.807, 2.05) is 62.2 Å². The van der Waals surface area contributed by atoms with Gasteiger partial charge in [0.05, 0.1) is 29.0 Å². The molecule has 0 radical (unpaired) electrons. The molecule has 3 aliphatic rings. The molecular weight excluding hydrogens is 787 g/mol. The number of methoxy groups -OCH3 is 1. The molecule has 3 aliphatic heterocycles. The maximum absolute atomic E-state index is 15.7. The molecule has 2 bridgehead atoms. The minimum Gasteiger partial charge on any atom is -0.486 e. The number of carbonyl (C=O) groups excluding carboxylic acids is 1. The van der Waals surface area contributed by atoms with Gasteiger partial charge in [-0.25, -0.2) is 9.07 Å². The summed E-state index contributed by atoms with van der Waals surface area (Å²) in [6.45, 7) is 12.6. The lowest BCUT2D eigenvalue weighted by Gasteiger charge is -2.30. The molecule has 6 aromatic rings. The number of rotatable bonds is 13. The number of hydrogen-bond acceptors (Lipinski definition) is 11. The van der Waals surface area contributed by atoms with Crippen LogP contribution in [0.4, 0.5) is 10.2 Å². The number of H-pyrrole nitrogens is 1. The molecule has 3 aromatic carbocycles. The van der Waals surface area contributed by atoms with Crippen molar-refractivity contribution in [3.8, 4) is 34.1 Å². The van der Waals surface area contributed by atoms with E-state index in [1.54, 1.807) is 24.9 Å². The third kappa shape index (κ3) is 7.30. The molecule has 3 aromatic heterocycles. The van der Waals surface area contributed by atoms with Gasteiger partial charge in [0.1, 0.15) is 42.1 Å². The fourth-order valence-corrected chi connectivity index (χ4v) is 9.29. The lowest BCUT2D eigenvalue weighted by atomic mass is 9.94. The minimum absolute atomic E-state index is 0.0352. The van der Waals surface area contributed by atoms with Crippen LogP contribution in [0, 0.1) is 18.7 Å². The highest BCUT2D eigenvalue weighted by Gasteiger charge is 2.40. The van der Waals surface area contributed by atoms with Gasteiger partial charge in [-0.05, 0) is 69.2 Å². The van der Waals surface area contributed by atoms with Gasteiger partial charge in [0.2, 0.25) is 5.91 Å². The molecule has 3 fully saturated rings. The topological polar surface area (TPSA) is 148 Å². The Kier molecular flexibility index (Phi) is 10.8. The van der Waals surface area contributed by atoms with Crippen molar-refractivity contribution in [2.24, 2.45) is 5.92 Å². The molecule has 314 valence electrons. The lowest BCUT2D eigenvalue weighted by Crippen LogP contribution is -2.44. The van der Waals surface area contributed by atoms with Gasteiger partial charge in [0, 0.05) is 72.3 Å². The van der Waals surface area contributed by atoms with Crippen molar-refractivity contribution >= 4 is 45.1 Å². The number of piperazine rings is 1.